The molecule has 116 valence electrons. The predicted molar refractivity (Wildman–Crippen MR) is 80.9 cm³/mol. The lowest BCUT2D eigenvalue weighted by molar-refractivity contribution is -0.122. The standard InChI is InChI=1S/C16H24N2O3/c19-14(12-18-9-5-4-8-16(18)21)11-17-15(20)10-13-6-2-1-3-7-13/h4-5,8-9,13-14,19H,1-3,6-7,10-12H2,(H,17,20). The molecule has 1 aromatic rings. The number of hydrogen-bond acceptors (Lipinski definition) is 3. The Labute approximate surface area is 125 Å². The van der Waals surface area contributed by atoms with Gasteiger partial charge in [-0.3, -0.25) is 9.59 Å². The van der Waals surface area contributed by atoms with Crippen molar-refractivity contribution in [2.45, 2.75) is 51.2 Å². The summed E-state index contributed by atoms with van der Waals surface area (Å²) < 4.78 is 1.44. The van der Waals surface area contributed by atoms with Gasteiger partial charge in [0.1, 0.15) is 0 Å². The van der Waals surface area contributed by atoms with Crippen LogP contribution in [-0.2, 0) is 11.3 Å². The van der Waals surface area contributed by atoms with Crippen LogP contribution in [0.25, 0.3) is 0 Å². The van der Waals surface area contributed by atoms with E-state index >= 15 is 0 Å². The van der Waals surface area contributed by atoms with E-state index in [-0.39, 0.29) is 24.6 Å². The van der Waals surface area contributed by atoms with E-state index in [1.165, 1.54) is 29.9 Å². The molecule has 0 spiro atoms. The van der Waals surface area contributed by atoms with Gasteiger partial charge in [-0.05, 0) is 24.8 Å². The largest absolute Gasteiger partial charge is 0.389 e. The van der Waals surface area contributed by atoms with Crippen LogP contribution in [0.2, 0.25) is 0 Å². The van der Waals surface area contributed by atoms with Crippen LogP contribution in [0.5, 0.6) is 0 Å². The molecule has 1 aromatic heterocycles. The Morgan fingerprint density at radius 2 is 2.10 bits per heavy atom. The van der Waals surface area contributed by atoms with E-state index in [2.05, 4.69) is 5.32 Å². The maximum absolute atomic E-state index is 11.8. The molecule has 1 saturated carbocycles. The van der Waals surface area contributed by atoms with Gasteiger partial charge in [-0.1, -0.05) is 25.3 Å². The topological polar surface area (TPSA) is 71.3 Å². The highest BCUT2D eigenvalue weighted by Crippen LogP contribution is 2.25. The minimum atomic E-state index is -0.750. The molecular formula is C16H24N2O3. The summed E-state index contributed by atoms with van der Waals surface area (Å²) in [7, 11) is 0. The van der Waals surface area contributed by atoms with Crippen molar-refractivity contribution >= 4 is 5.91 Å². The van der Waals surface area contributed by atoms with E-state index in [1.807, 2.05) is 0 Å². The van der Waals surface area contributed by atoms with Crippen LogP contribution in [0.15, 0.2) is 29.2 Å². The molecule has 5 heteroatoms. The highest BCUT2D eigenvalue weighted by atomic mass is 16.3. The third kappa shape index (κ3) is 5.34. The summed E-state index contributed by atoms with van der Waals surface area (Å²) >= 11 is 0. The molecule has 2 N–H and O–H groups in total. The zero-order valence-electron chi connectivity index (χ0n) is 12.3. The average Bonchev–Trinajstić information content (AvgIpc) is 2.49. The first kappa shape index (κ1) is 15.8. The third-order valence-corrected chi connectivity index (χ3v) is 4.04. The molecule has 0 saturated heterocycles. The van der Waals surface area contributed by atoms with Gasteiger partial charge >= 0.3 is 0 Å². The zero-order valence-corrected chi connectivity index (χ0v) is 12.3. The van der Waals surface area contributed by atoms with Gasteiger partial charge in [0.15, 0.2) is 0 Å². The number of aliphatic hydroxyl groups excluding tert-OH is 1. The zero-order chi connectivity index (χ0) is 15.1. The number of nitrogens with zero attached hydrogens (tertiary/aromatic N) is 1. The fourth-order valence-electron chi connectivity index (χ4n) is 2.86. The van der Waals surface area contributed by atoms with Crippen molar-refractivity contribution < 1.29 is 9.90 Å². The molecule has 1 aliphatic carbocycles. The molecule has 1 atom stereocenters. The molecule has 1 heterocycles. The van der Waals surface area contributed by atoms with Crippen LogP contribution < -0.4 is 10.9 Å². The van der Waals surface area contributed by atoms with Crippen molar-refractivity contribution in [3.05, 3.63) is 34.7 Å². The lowest BCUT2D eigenvalue weighted by Crippen LogP contribution is -2.37. The number of rotatable bonds is 6. The van der Waals surface area contributed by atoms with Gasteiger partial charge in [0.25, 0.3) is 5.56 Å². The molecule has 1 amide bonds. The Bertz CT molecular complexity index is 506. The summed E-state index contributed by atoms with van der Waals surface area (Å²) in [6.45, 7) is 0.385. The van der Waals surface area contributed by atoms with Crippen LogP contribution in [0.4, 0.5) is 0 Å². The minimum Gasteiger partial charge on any atom is -0.389 e. The number of carbonyl (C=O) groups is 1. The second-order valence-corrected chi connectivity index (χ2v) is 5.86. The molecule has 1 fully saturated rings. The summed E-state index contributed by atoms with van der Waals surface area (Å²) in [4.78, 5) is 23.4. The van der Waals surface area contributed by atoms with Gasteiger partial charge in [0.2, 0.25) is 5.91 Å². The predicted octanol–water partition coefficient (Wildman–Crippen LogP) is 1.30. The van der Waals surface area contributed by atoms with Crippen LogP contribution in [0.1, 0.15) is 38.5 Å². The van der Waals surface area contributed by atoms with Gasteiger partial charge in [-0.25, -0.2) is 0 Å². The van der Waals surface area contributed by atoms with E-state index in [4.69, 9.17) is 0 Å². The van der Waals surface area contributed by atoms with E-state index in [9.17, 15) is 14.7 Å². The number of aromatic nitrogens is 1. The molecular weight excluding hydrogens is 268 g/mol. The number of nitrogens with one attached hydrogen (secondary N) is 1. The highest BCUT2D eigenvalue weighted by Gasteiger charge is 2.17. The van der Waals surface area contributed by atoms with E-state index < -0.39 is 6.10 Å². The molecule has 21 heavy (non-hydrogen) atoms. The number of amides is 1. The van der Waals surface area contributed by atoms with Crippen molar-refractivity contribution in [1.29, 1.82) is 0 Å². The molecule has 0 aromatic carbocycles. The number of aliphatic hydroxyl groups is 1. The summed E-state index contributed by atoms with van der Waals surface area (Å²) in [5.41, 5.74) is -0.148. The first-order valence-electron chi connectivity index (χ1n) is 7.75. The van der Waals surface area contributed by atoms with Crippen molar-refractivity contribution in [1.82, 2.24) is 9.88 Å². The van der Waals surface area contributed by atoms with Crippen LogP contribution in [-0.4, -0.2) is 28.2 Å². The lowest BCUT2D eigenvalue weighted by atomic mass is 9.87. The Hall–Kier alpha value is -1.62. The molecule has 0 radical (unpaired) electrons. The maximum Gasteiger partial charge on any atom is 0.250 e. The number of hydrogen-bond donors (Lipinski definition) is 2. The fraction of sp³-hybridized carbons (Fsp3) is 0.625. The smallest absolute Gasteiger partial charge is 0.250 e. The third-order valence-electron chi connectivity index (χ3n) is 4.04. The molecule has 0 aliphatic heterocycles. The quantitative estimate of drug-likeness (QED) is 0.830. The van der Waals surface area contributed by atoms with Crippen molar-refractivity contribution in [3.8, 4) is 0 Å². The van der Waals surface area contributed by atoms with Gasteiger partial charge in [-0.15, -0.1) is 0 Å². The Morgan fingerprint density at radius 1 is 1.33 bits per heavy atom. The Kier molecular flexibility index (Phi) is 5.99. The monoisotopic (exact) mass is 292 g/mol. The highest BCUT2D eigenvalue weighted by molar-refractivity contribution is 5.76. The number of pyridine rings is 1. The van der Waals surface area contributed by atoms with Crippen LogP contribution in [0, 0.1) is 5.92 Å². The summed E-state index contributed by atoms with van der Waals surface area (Å²) in [5.74, 6) is 0.494. The second-order valence-electron chi connectivity index (χ2n) is 5.86. The second kappa shape index (κ2) is 7.98. The van der Waals surface area contributed by atoms with Gasteiger partial charge < -0.3 is 15.0 Å². The van der Waals surface area contributed by atoms with E-state index in [0.717, 1.165) is 12.8 Å². The molecule has 2 rings (SSSR count). The lowest BCUT2D eigenvalue weighted by Gasteiger charge is -2.21. The van der Waals surface area contributed by atoms with Crippen molar-refractivity contribution in [2.75, 3.05) is 6.54 Å². The summed E-state index contributed by atoms with van der Waals surface area (Å²) in [6, 6.07) is 4.86. The molecule has 5 nitrogen and oxygen atoms in total. The summed E-state index contributed by atoms with van der Waals surface area (Å²) in [5, 5.41) is 12.7. The van der Waals surface area contributed by atoms with Gasteiger partial charge in [0, 0.05) is 25.2 Å². The first-order chi connectivity index (χ1) is 10.1. The van der Waals surface area contributed by atoms with Crippen molar-refractivity contribution in [2.24, 2.45) is 5.92 Å². The maximum atomic E-state index is 11.8. The SMILES string of the molecule is O=C(CC1CCCCC1)NCC(O)Cn1ccccc1=O. The van der Waals surface area contributed by atoms with E-state index in [1.54, 1.807) is 18.3 Å². The average molecular weight is 292 g/mol. The van der Waals surface area contributed by atoms with Crippen molar-refractivity contribution in [3.63, 3.8) is 0 Å². The number of carbonyl (C=O) groups excluding carboxylic acids is 1. The Morgan fingerprint density at radius 3 is 2.81 bits per heavy atom. The fourth-order valence-corrected chi connectivity index (χ4v) is 2.86. The van der Waals surface area contributed by atoms with Gasteiger partial charge in [-0.2, -0.15) is 0 Å². The first-order valence-corrected chi connectivity index (χ1v) is 7.75. The molecule has 1 unspecified atom stereocenters. The van der Waals surface area contributed by atoms with E-state index in [0.29, 0.717) is 12.3 Å². The Balaban J connectivity index is 1.70. The molecule has 0 bridgehead atoms. The molecule has 1 aliphatic rings. The van der Waals surface area contributed by atoms with Crippen LogP contribution in [0.3, 0.4) is 0 Å². The minimum absolute atomic E-state index is 0.00126. The normalized spacial score (nSPS) is 17.4. The summed E-state index contributed by atoms with van der Waals surface area (Å²) in [6.07, 6.45) is 7.43. The van der Waals surface area contributed by atoms with Gasteiger partial charge in [0.05, 0.1) is 12.6 Å². The van der Waals surface area contributed by atoms with Crippen LogP contribution >= 0.6 is 0 Å².